The fourth-order valence-corrected chi connectivity index (χ4v) is 2.22. The van der Waals surface area contributed by atoms with E-state index in [9.17, 15) is 14.4 Å². The normalized spacial score (nSPS) is 17.7. The number of nitrogens with two attached hydrogens (primary N) is 1. The van der Waals surface area contributed by atoms with Crippen LogP contribution in [0, 0.1) is 12.3 Å². The van der Waals surface area contributed by atoms with Gasteiger partial charge in [-0.15, -0.1) is 0 Å². The molecule has 3 N–H and O–H groups in total. The number of hydrogen-bond donors (Lipinski definition) is 2. The average Bonchev–Trinajstić information content (AvgIpc) is 2.82. The van der Waals surface area contributed by atoms with Gasteiger partial charge in [0, 0.05) is 12.0 Å². The van der Waals surface area contributed by atoms with Gasteiger partial charge in [-0.3, -0.25) is 24.7 Å². The Balaban J connectivity index is 2.23. The number of nitrogen functional groups attached to an aromatic ring is 1. The van der Waals surface area contributed by atoms with Gasteiger partial charge < -0.3 is 4.42 Å². The molecule has 0 saturated carbocycles. The fourth-order valence-electron chi connectivity index (χ4n) is 2.22. The van der Waals surface area contributed by atoms with Gasteiger partial charge in [0.1, 0.15) is 5.76 Å². The SMILES string of the molecule is Cc1oc(C(=O)NN)cc1CN1C(=O)CC(C)(C)C1=O. The van der Waals surface area contributed by atoms with Crippen LogP contribution in [0.2, 0.25) is 0 Å². The molecule has 108 valence electrons. The van der Waals surface area contributed by atoms with E-state index in [0.29, 0.717) is 11.3 Å². The Morgan fingerprint density at radius 2 is 2.15 bits per heavy atom. The molecule has 1 saturated heterocycles. The molecule has 1 aromatic rings. The quantitative estimate of drug-likeness (QED) is 0.362. The Hall–Kier alpha value is -2.15. The number of imide groups is 1. The van der Waals surface area contributed by atoms with Gasteiger partial charge in [0.15, 0.2) is 5.76 Å². The molecule has 1 aliphatic rings. The Morgan fingerprint density at radius 1 is 1.50 bits per heavy atom. The molecule has 1 fully saturated rings. The highest BCUT2D eigenvalue weighted by Crippen LogP contribution is 2.33. The first-order chi connectivity index (χ1) is 9.26. The monoisotopic (exact) mass is 279 g/mol. The lowest BCUT2D eigenvalue weighted by atomic mass is 9.92. The summed E-state index contributed by atoms with van der Waals surface area (Å²) >= 11 is 0. The van der Waals surface area contributed by atoms with Crippen LogP contribution in [0.4, 0.5) is 0 Å². The maximum Gasteiger partial charge on any atom is 0.300 e. The summed E-state index contributed by atoms with van der Waals surface area (Å²) in [4.78, 5) is 36.6. The van der Waals surface area contributed by atoms with Crippen molar-refractivity contribution < 1.29 is 18.8 Å². The minimum absolute atomic E-state index is 0.0540. The highest BCUT2D eigenvalue weighted by Gasteiger charge is 2.44. The van der Waals surface area contributed by atoms with Crippen molar-refractivity contribution in [1.29, 1.82) is 0 Å². The van der Waals surface area contributed by atoms with Crippen molar-refractivity contribution >= 4 is 17.7 Å². The van der Waals surface area contributed by atoms with Crippen LogP contribution in [0.3, 0.4) is 0 Å². The zero-order valence-corrected chi connectivity index (χ0v) is 11.6. The summed E-state index contributed by atoms with van der Waals surface area (Å²) in [6, 6.07) is 1.49. The Bertz CT molecular complexity index is 588. The molecular weight excluding hydrogens is 262 g/mol. The average molecular weight is 279 g/mol. The minimum atomic E-state index is -0.674. The molecule has 0 unspecified atom stereocenters. The van der Waals surface area contributed by atoms with Crippen LogP contribution < -0.4 is 11.3 Å². The van der Waals surface area contributed by atoms with Crippen molar-refractivity contribution in [1.82, 2.24) is 10.3 Å². The number of hydrazine groups is 1. The van der Waals surface area contributed by atoms with Crippen molar-refractivity contribution in [3.63, 3.8) is 0 Å². The second-order valence-electron chi connectivity index (χ2n) is 5.51. The molecule has 7 heteroatoms. The van der Waals surface area contributed by atoms with Crippen LogP contribution in [0.5, 0.6) is 0 Å². The second kappa shape index (κ2) is 4.75. The van der Waals surface area contributed by atoms with Crippen LogP contribution in [-0.2, 0) is 16.1 Å². The van der Waals surface area contributed by atoms with E-state index in [-0.39, 0.29) is 30.5 Å². The first-order valence-corrected chi connectivity index (χ1v) is 6.21. The van der Waals surface area contributed by atoms with Gasteiger partial charge in [0.05, 0.1) is 12.0 Å². The van der Waals surface area contributed by atoms with E-state index in [1.807, 2.05) is 5.43 Å². The van der Waals surface area contributed by atoms with E-state index in [1.165, 1.54) is 11.0 Å². The number of rotatable bonds is 3. The number of carbonyl (C=O) groups excluding carboxylic acids is 3. The van der Waals surface area contributed by atoms with Crippen LogP contribution in [0.1, 0.15) is 42.1 Å². The Kier molecular flexibility index (Phi) is 3.39. The smallest absolute Gasteiger partial charge is 0.300 e. The Morgan fingerprint density at radius 3 is 2.65 bits per heavy atom. The number of carbonyl (C=O) groups is 3. The lowest BCUT2D eigenvalue weighted by Crippen LogP contribution is -2.32. The highest BCUT2D eigenvalue weighted by molar-refractivity contribution is 6.05. The number of nitrogens with zero attached hydrogens (tertiary/aromatic N) is 1. The van der Waals surface area contributed by atoms with E-state index >= 15 is 0 Å². The van der Waals surface area contributed by atoms with E-state index in [0.717, 1.165) is 0 Å². The summed E-state index contributed by atoms with van der Waals surface area (Å²) < 4.78 is 5.26. The Labute approximate surface area is 116 Å². The second-order valence-corrected chi connectivity index (χ2v) is 5.51. The lowest BCUT2D eigenvalue weighted by molar-refractivity contribution is -0.141. The molecule has 0 atom stereocenters. The summed E-state index contributed by atoms with van der Waals surface area (Å²) in [6.45, 7) is 5.25. The van der Waals surface area contributed by atoms with Gasteiger partial charge >= 0.3 is 5.91 Å². The van der Waals surface area contributed by atoms with Crippen molar-refractivity contribution in [3.05, 3.63) is 23.2 Å². The van der Waals surface area contributed by atoms with Crippen LogP contribution >= 0.6 is 0 Å². The van der Waals surface area contributed by atoms with Crippen molar-refractivity contribution in [3.8, 4) is 0 Å². The van der Waals surface area contributed by atoms with Crippen LogP contribution in [0.25, 0.3) is 0 Å². The van der Waals surface area contributed by atoms with Crippen molar-refractivity contribution in [2.24, 2.45) is 11.3 Å². The summed E-state index contributed by atoms with van der Waals surface area (Å²) in [6.07, 6.45) is 0.193. The standard InChI is InChI=1S/C13H17N3O4/c1-7-8(4-9(20-7)11(18)15-14)6-16-10(17)5-13(2,3)12(16)19/h4H,5-6,14H2,1-3H3,(H,15,18). The molecule has 3 amide bonds. The van der Waals surface area contributed by atoms with Gasteiger partial charge in [-0.25, -0.2) is 5.84 Å². The summed E-state index contributed by atoms with van der Waals surface area (Å²) in [5.41, 5.74) is 1.91. The summed E-state index contributed by atoms with van der Waals surface area (Å²) in [7, 11) is 0. The molecule has 1 aromatic heterocycles. The predicted molar refractivity (Wildman–Crippen MR) is 69.1 cm³/mol. The third-order valence-corrected chi connectivity index (χ3v) is 3.42. The maximum atomic E-state index is 12.1. The number of amides is 3. The first kappa shape index (κ1) is 14.3. The fraction of sp³-hybridized carbons (Fsp3) is 0.462. The predicted octanol–water partition coefficient (Wildman–Crippen LogP) is 0.477. The van der Waals surface area contributed by atoms with Gasteiger partial charge in [-0.2, -0.15) is 0 Å². The number of furan rings is 1. The first-order valence-electron chi connectivity index (χ1n) is 6.21. The third kappa shape index (κ3) is 2.32. The molecule has 0 radical (unpaired) electrons. The van der Waals surface area contributed by atoms with E-state index in [2.05, 4.69) is 0 Å². The van der Waals surface area contributed by atoms with Gasteiger partial charge in [0.25, 0.3) is 0 Å². The maximum absolute atomic E-state index is 12.1. The van der Waals surface area contributed by atoms with Gasteiger partial charge in [-0.1, -0.05) is 13.8 Å². The van der Waals surface area contributed by atoms with Gasteiger partial charge in [0.2, 0.25) is 11.8 Å². The van der Waals surface area contributed by atoms with E-state index < -0.39 is 11.3 Å². The molecule has 1 aliphatic heterocycles. The molecule has 0 aromatic carbocycles. The topological polar surface area (TPSA) is 106 Å². The van der Waals surface area contributed by atoms with Gasteiger partial charge in [-0.05, 0) is 13.0 Å². The van der Waals surface area contributed by atoms with E-state index in [4.69, 9.17) is 10.3 Å². The molecule has 2 heterocycles. The molecule has 0 bridgehead atoms. The number of hydrogen-bond acceptors (Lipinski definition) is 5. The summed E-state index contributed by atoms with van der Waals surface area (Å²) in [5, 5.41) is 0. The van der Waals surface area contributed by atoms with Crippen LogP contribution in [0.15, 0.2) is 10.5 Å². The molecule has 7 nitrogen and oxygen atoms in total. The number of aryl methyl sites for hydroxylation is 1. The highest BCUT2D eigenvalue weighted by atomic mass is 16.4. The molecule has 20 heavy (non-hydrogen) atoms. The minimum Gasteiger partial charge on any atom is -0.456 e. The largest absolute Gasteiger partial charge is 0.456 e. The van der Waals surface area contributed by atoms with Crippen LogP contribution in [-0.4, -0.2) is 22.6 Å². The van der Waals surface area contributed by atoms with Crippen molar-refractivity contribution in [2.45, 2.75) is 33.7 Å². The molecule has 0 spiro atoms. The molecule has 0 aliphatic carbocycles. The lowest BCUT2D eigenvalue weighted by Gasteiger charge is -2.17. The number of likely N-dealkylation sites (tertiary alicyclic amines) is 1. The zero-order valence-electron chi connectivity index (χ0n) is 11.6. The van der Waals surface area contributed by atoms with Crippen molar-refractivity contribution in [2.75, 3.05) is 0 Å². The number of nitrogens with one attached hydrogen (secondary N) is 1. The molecular formula is C13H17N3O4. The van der Waals surface area contributed by atoms with E-state index in [1.54, 1.807) is 20.8 Å². The molecule has 2 rings (SSSR count). The zero-order chi connectivity index (χ0) is 15.1. The summed E-state index contributed by atoms with van der Waals surface area (Å²) in [5.74, 6) is 4.57. The third-order valence-electron chi connectivity index (χ3n) is 3.42.